The molecule has 1 amide bonds. The minimum absolute atomic E-state index is 0.0885. The molecule has 2 heterocycles. The minimum atomic E-state index is -0.399. The van der Waals surface area contributed by atoms with E-state index in [0.717, 1.165) is 38.4 Å². The van der Waals surface area contributed by atoms with Crippen molar-refractivity contribution in [3.63, 3.8) is 0 Å². The number of hydrogen-bond donors (Lipinski definition) is 2. The zero-order valence-corrected chi connectivity index (χ0v) is 17.6. The van der Waals surface area contributed by atoms with Gasteiger partial charge in [-0.2, -0.15) is 0 Å². The third-order valence-electron chi connectivity index (χ3n) is 5.36. The summed E-state index contributed by atoms with van der Waals surface area (Å²) in [4.78, 5) is 31.0. The summed E-state index contributed by atoms with van der Waals surface area (Å²) in [6.45, 7) is 6.99. The lowest BCUT2D eigenvalue weighted by Crippen LogP contribution is -2.35. The van der Waals surface area contributed by atoms with Gasteiger partial charge in [0, 0.05) is 43.3 Å². The molecule has 2 N–H and O–H groups in total. The molecule has 7 nitrogen and oxygen atoms in total. The maximum absolute atomic E-state index is 12.9. The van der Waals surface area contributed by atoms with Crippen LogP contribution in [0.4, 0.5) is 0 Å². The van der Waals surface area contributed by atoms with Gasteiger partial charge in [-0.15, -0.1) is 0 Å². The van der Waals surface area contributed by atoms with Gasteiger partial charge in [0.2, 0.25) is 5.43 Å². The molecule has 1 saturated heterocycles. The van der Waals surface area contributed by atoms with E-state index < -0.39 is 5.91 Å². The predicted molar refractivity (Wildman–Crippen MR) is 119 cm³/mol. The monoisotopic (exact) mass is 421 g/mol. The molecule has 0 unspecified atom stereocenters. The highest BCUT2D eigenvalue weighted by Crippen LogP contribution is 2.17. The highest BCUT2D eigenvalue weighted by molar-refractivity contribution is 5.97. The van der Waals surface area contributed by atoms with E-state index >= 15 is 0 Å². The topological polar surface area (TPSA) is 83.7 Å². The summed E-state index contributed by atoms with van der Waals surface area (Å²) in [5.41, 5.74) is 2.64. The first-order chi connectivity index (χ1) is 15.1. The largest absolute Gasteiger partial charge is 0.494 e. The second-order valence-electron chi connectivity index (χ2n) is 7.56. The number of benzene rings is 2. The maximum atomic E-state index is 12.9. The van der Waals surface area contributed by atoms with Crippen LogP contribution in [0.1, 0.15) is 28.4 Å². The molecule has 4 rings (SSSR count). The van der Waals surface area contributed by atoms with E-state index in [2.05, 4.69) is 27.3 Å². The number of amides is 1. The normalized spacial score (nSPS) is 14.5. The fourth-order valence-corrected chi connectivity index (χ4v) is 3.76. The average Bonchev–Trinajstić information content (AvgIpc) is 2.79. The number of H-pyrrole nitrogens is 1. The second-order valence-corrected chi connectivity index (χ2v) is 7.56. The van der Waals surface area contributed by atoms with E-state index in [9.17, 15) is 9.59 Å². The Morgan fingerprint density at radius 3 is 2.77 bits per heavy atom. The van der Waals surface area contributed by atoms with Gasteiger partial charge >= 0.3 is 0 Å². The number of hydrogen-bond acceptors (Lipinski definition) is 5. The van der Waals surface area contributed by atoms with Gasteiger partial charge in [-0.1, -0.05) is 24.3 Å². The van der Waals surface area contributed by atoms with Gasteiger partial charge in [0.1, 0.15) is 11.3 Å². The van der Waals surface area contributed by atoms with E-state index in [1.54, 1.807) is 18.2 Å². The van der Waals surface area contributed by atoms with Crippen LogP contribution in [0, 0.1) is 0 Å². The number of rotatable bonds is 7. The van der Waals surface area contributed by atoms with Gasteiger partial charge in [-0.3, -0.25) is 14.5 Å². The molecule has 7 heteroatoms. The summed E-state index contributed by atoms with van der Waals surface area (Å²) in [5, 5.41) is 3.30. The Bertz CT molecular complexity index is 1120. The van der Waals surface area contributed by atoms with Crippen molar-refractivity contribution in [2.75, 3.05) is 32.9 Å². The number of nitrogens with zero attached hydrogens (tertiary/aromatic N) is 1. The molecule has 2 aromatic carbocycles. The van der Waals surface area contributed by atoms with Crippen LogP contribution < -0.4 is 15.5 Å². The van der Waals surface area contributed by atoms with E-state index in [1.807, 2.05) is 19.1 Å². The lowest BCUT2D eigenvalue weighted by molar-refractivity contribution is 0.0342. The van der Waals surface area contributed by atoms with E-state index in [0.29, 0.717) is 29.8 Å². The van der Waals surface area contributed by atoms with Gasteiger partial charge in [0.05, 0.1) is 19.8 Å². The van der Waals surface area contributed by atoms with Gasteiger partial charge in [0.25, 0.3) is 5.91 Å². The van der Waals surface area contributed by atoms with Crippen LogP contribution in [0.2, 0.25) is 0 Å². The van der Waals surface area contributed by atoms with Crippen molar-refractivity contribution in [2.24, 2.45) is 0 Å². The van der Waals surface area contributed by atoms with Crippen molar-refractivity contribution in [1.29, 1.82) is 0 Å². The van der Waals surface area contributed by atoms with Crippen molar-refractivity contribution in [1.82, 2.24) is 15.2 Å². The minimum Gasteiger partial charge on any atom is -0.494 e. The Labute approximate surface area is 181 Å². The lowest BCUT2D eigenvalue weighted by atomic mass is 10.1. The van der Waals surface area contributed by atoms with Crippen LogP contribution in [-0.2, 0) is 17.8 Å². The Kier molecular flexibility index (Phi) is 6.64. The Hall–Kier alpha value is -3.16. The van der Waals surface area contributed by atoms with Crippen LogP contribution in [0.5, 0.6) is 5.75 Å². The smallest absolute Gasteiger partial charge is 0.257 e. The van der Waals surface area contributed by atoms with Crippen LogP contribution in [0.25, 0.3) is 10.9 Å². The molecule has 3 aromatic rings. The fourth-order valence-electron chi connectivity index (χ4n) is 3.76. The second kappa shape index (κ2) is 9.76. The summed E-state index contributed by atoms with van der Waals surface area (Å²) in [6.07, 6.45) is 1.47. The van der Waals surface area contributed by atoms with Crippen LogP contribution >= 0.6 is 0 Å². The van der Waals surface area contributed by atoms with Gasteiger partial charge < -0.3 is 19.8 Å². The maximum Gasteiger partial charge on any atom is 0.257 e. The molecule has 31 heavy (non-hydrogen) atoms. The Morgan fingerprint density at radius 1 is 1.16 bits per heavy atom. The molecule has 0 bridgehead atoms. The molecule has 0 spiro atoms. The number of carbonyl (C=O) groups is 1. The molecule has 0 atom stereocenters. The number of pyridine rings is 1. The molecule has 1 aliphatic rings. The predicted octanol–water partition coefficient (Wildman–Crippen LogP) is 2.69. The third-order valence-corrected chi connectivity index (χ3v) is 5.36. The molecule has 1 aliphatic heterocycles. The first-order valence-corrected chi connectivity index (χ1v) is 10.6. The number of nitrogens with one attached hydrogen (secondary N) is 2. The highest BCUT2D eigenvalue weighted by atomic mass is 16.5. The summed E-state index contributed by atoms with van der Waals surface area (Å²) in [5.74, 6) is 0.207. The van der Waals surface area contributed by atoms with E-state index in [1.165, 1.54) is 11.8 Å². The van der Waals surface area contributed by atoms with Crippen LogP contribution in [-0.4, -0.2) is 48.7 Å². The molecule has 1 aromatic heterocycles. The van der Waals surface area contributed by atoms with Crippen molar-refractivity contribution in [2.45, 2.75) is 20.0 Å². The van der Waals surface area contributed by atoms with E-state index in [4.69, 9.17) is 9.47 Å². The summed E-state index contributed by atoms with van der Waals surface area (Å²) >= 11 is 0. The molecule has 0 radical (unpaired) electrons. The molecule has 162 valence electrons. The van der Waals surface area contributed by atoms with Gasteiger partial charge in [-0.25, -0.2) is 0 Å². The molecular weight excluding hydrogens is 394 g/mol. The lowest BCUT2D eigenvalue weighted by Gasteiger charge is -2.26. The molecule has 1 fully saturated rings. The highest BCUT2D eigenvalue weighted by Gasteiger charge is 2.14. The average molecular weight is 421 g/mol. The van der Waals surface area contributed by atoms with Crippen molar-refractivity contribution in [3.05, 3.63) is 75.6 Å². The molecule has 0 aliphatic carbocycles. The summed E-state index contributed by atoms with van der Waals surface area (Å²) in [7, 11) is 0. The number of ether oxygens (including phenoxy) is 2. The summed E-state index contributed by atoms with van der Waals surface area (Å²) in [6, 6.07) is 13.4. The van der Waals surface area contributed by atoms with Crippen molar-refractivity contribution < 1.29 is 14.3 Å². The number of aromatic nitrogens is 1. The van der Waals surface area contributed by atoms with Crippen molar-refractivity contribution in [3.8, 4) is 5.75 Å². The van der Waals surface area contributed by atoms with Gasteiger partial charge in [-0.05, 0) is 36.2 Å². The number of fused-ring (bicyclic) bond motifs is 1. The first kappa shape index (κ1) is 21.1. The Morgan fingerprint density at radius 2 is 1.97 bits per heavy atom. The third kappa shape index (κ3) is 5.13. The van der Waals surface area contributed by atoms with Crippen LogP contribution in [0.15, 0.2) is 53.5 Å². The number of carbonyl (C=O) groups excluding carboxylic acids is 1. The SMILES string of the molecule is CCOc1ccc2[nH]cc(C(=O)NCc3cccc(CN4CCOCC4)c3)c(=O)c2c1. The zero-order valence-electron chi connectivity index (χ0n) is 17.6. The number of morpholine rings is 1. The standard InChI is InChI=1S/C24H27N3O4/c1-2-31-19-6-7-22-20(13-19)23(28)21(15-25-22)24(29)26-14-17-4-3-5-18(12-17)16-27-8-10-30-11-9-27/h3-7,12-13,15H,2,8-11,14,16H2,1H3,(H,25,28)(H,26,29). The molecule has 0 saturated carbocycles. The Balaban J connectivity index is 1.45. The van der Waals surface area contributed by atoms with Crippen molar-refractivity contribution >= 4 is 16.8 Å². The fraction of sp³-hybridized carbons (Fsp3) is 0.333. The molecular formula is C24H27N3O4. The first-order valence-electron chi connectivity index (χ1n) is 10.6. The zero-order chi connectivity index (χ0) is 21.6. The van der Waals surface area contributed by atoms with Crippen LogP contribution in [0.3, 0.4) is 0 Å². The summed E-state index contributed by atoms with van der Waals surface area (Å²) < 4.78 is 10.9. The quantitative estimate of drug-likeness (QED) is 0.613. The van der Waals surface area contributed by atoms with Gasteiger partial charge in [0.15, 0.2) is 0 Å². The number of aromatic amines is 1. The van der Waals surface area contributed by atoms with E-state index in [-0.39, 0.29) is 11.0 Å².